The molecular weight excluding hydrogens is 304 g/mol. The molecule has 0 saturated heterocycles. The molecular formula is C21H17ClO. The van der Waals surface area contributed by atoms with Crippen molar-refractivity contribution < 1.29 is 4.79 Å². The number of hydrogen-bond donors (Lipinski definition) is 0. The molecule has 0 aliphatic rings. The molecule has 1 nitrogen and oxygen atoms in total. The lowest BCUT2D eigenvalue weighted by Crippen LogP contribution is -2.02. The summed E-state index contributed by atoms with van der Waals surface area (Å²) >= 11 is 6.10. The Morgan fingerprint density at radius 2 is 1.26 bits per heavy atom. The van der Waals surface area contributed by atoms with Crippen molar-refractivity contribution in [1.82, 2.24) is 0 Å². The summed E-state index contributed by atoms with van der Waals surface area (Å²) in [6.45, 7) is 0. The van der Waals surface area contributed by atoms with Gasteiger partial charge >= 0.3 is 0 Å². The van der Waals surface area contributed by atoms with E-state index in [-0.39, 0.29) is 5.78 Å². The van der Waals surface area contributed by atoms with Crippen molar-refractivity contribution in [2.45, 2.75) is 12.8 Å². The summed E-state index contributed by atoms with van der Waals surface area (Å²) in [6, 6.07) is 25.4. The van der Waals surface area contributed by atoms with Crippen LogP contribution in [0.25, 0.3) is 0 Å². The Balaban J connectivity index is 1.70. The zero-order valence-electron chi connectivity index (χ0n) is 12.7. The minimum Gasteiger partial charge on any atom is -0.289 e. The number of carbonyl (C=O) groups is 1. The van der Waals surface area contributed by atoms with Gasteiger partial charge in [-0.25, -0.2) is 0 Å². The molecule has 0 atom stereocenters. The van der Waals surface area contributed by atoms with E-state index in [1.54, 1.807) is 12.1 Å². The summed E-state index contributed by atoms with van der Waals surface area (Å²) < 4.78 is 0. The van der Waals surface area contributed by atoms with Gasteiger partial charge in [0.25, 0.3) is 0 Å². The van der Waals surface area contributed by atoms with Crippen LogP contribution in [-0.2, 0) is 12.8 Å². The highest BCUT2D eigenvalue weighted by Crippen LogP contribution is 2.19. The lowest BCUT2D eigenvalue weighted by Gasteiger charge is -2.06. The van der Waals surface area contributed by atoms with Crippen LogP contribution in [-0.4, -0.2) is 5.78 Å². The summed E-state index contributed by atoms with van der Waals surface area (Å²) in [4.78, 5) is 12.5. The van der Waals surface area contributed by atoms with E-state index in [0.717, 1.165) is 12.8 Å². The molecule has 0 spiro atoms. The van der Waals surface area contributed by atoms with E-state index >= 15 is 0 Å². The maximum Gasteiger partial charge on any atom is 0.194 e. The van der Waals surface area contributed by atoms with Crippen LogP contribution in [0.15, 0.2) is 78.9 Å². The number of benzene rings is 3. The third-order valence-electron chi connectivity index (χ3n) is 3.88. The maximum absolute atomic E-state index is 12.5. The van der Waals surface area contributed by atoms with Crippen molar-refractivity contribution >= 4 is 17.4 Å². The van der Waals surface area contributed by atoms with Gasteiger partial charge in [-0.2, -0.15) is 0 Å². The first kappa shape index (κ1) is 15.5. The second-order valence-corrected chi connectivity index (χ2v) is 5.90. The zero-order valence-corrected chi connectivity index (χ0v) is 13.5. The Hall–Kier alpha value is -2.38. The molecule has 3 rings (SSSR count). The molecule has 3 aromatic rings. The SMILES string of the molecule is O=C(c1ccc(CCc2ccccc2)cc1)c1ccccc1Cl. The molecule has 0 aliphatic heterocycles. The second kappa shape index (κ2) is 7.26. The normalized spacial score (nSPS) is 10.5. The molecule has 0 heterocycles. The van der Waals surface area contributed by atoms with Crippen LogP contribution < -0.4 is 0 Å². The lowest BCUT2D eigenvalue weighted by molar-refractivity contribution is 0.103. The Kier molecular flexibility index (Phi) is 4.89. The smallest absolute Gasteiger partial charge is 0.194 e. The number of rotatable bonds is 5. The van der Waals surface area contributed by atoms with Crippen molar-refractivity contribution in [1.29, 1.82) is 0 Å². The van der Waals surface area contributed by atoms with Crippen LogP contribution in [0.2, 0.25) is 5.02 Å². The van der Waals surface area contributed by atoms with Crippen molar-refractivity contribution in [3.63, 3.8) is 0 Å². The van der Waals surface area contributed by atoms with E-state index < -0.39 is 0 Å². The predicted octanol–water partition coefficient (Wildman–Crippen LogP) is 5.36. The first-order chi connectivity index (χ1) is 11.2. The van der Waals surface area contributed by atoms with Gasteiger partial charge in [0.1, 0.15) is 0 Å². The Morgan fingerprint density at radius 3 is 1.91 bits per heavy atom. The first-order valence-electron chi connectivity index (χ1n) is 7.66. The zero-order chi connectivity index (χ0) is 16.1. The quantitative estimate of drug-likeness (QED) is 0.579. The van der Waals surface area contributed by atoms with E-state index in [1.165, 1.54) is 11.1 Å². The molecule has 0 radical (unpaired) electrons. The van der Waals surface area contributed by atoms with Crippen LogP contribution in [0.4, 0.5) is 0 Å². The Morgan fingerprint density at radius 1 is 0.696 bits per heavy atom. The van der Waals surface area contributed by atoms with Crippen molar-refractivity contribution in [2.75, 3.05) is 0 Å². The Labute approximate surface area is 141 Å². The third-order valence-corrected chi connectivity index (χ3v) is 4.21. The van der Waals surface area contributed by atoms with E-state index in [2.05, 4.69) is 24.3 Å². The summed E-state index contributed by atoms with van der Waals surface area (Å²) in [5.74, 6) is -0.0368. The van der Waals surface area contributed by atoms with Crippen molar-refractivity contribution in [3.05, 3.63) is 106 Å². The van der Waals surface area contributed by atoms with E-state index in [1.807, 2.05) is 42.5 Å². The number of halogens is 1. The summed E-state index contributed by atoms with van der Waals surface area (Å²) in [5.41, 5.74) is 3.76. The van der Waals surface area contributed by atoms with Crippen LogP contribution in [0.3, 0.4) is 0 Å². The molecule has 2 heteroatoms. The largest absolute Gasteiger partial charge is 0.289 e. The number of carbonyl (C=O) groups excluding carboxylic acids is 1. The van der Waals surface area contributed by atoms with Crippen molar-refractivity contribution in [2.24, 2.45) is 0 Å². The minimum atomic E-state index is -0.0368. The second-order valence-electron chi connectivity index (χ2n) is 5.49. The van der Waals surface area contributed by atoms with E-state index in [4.69, 9.17) is 11.6 Å². The molecule has 0 amide bonds. The van der Waals surface area contributed by atoms with E-state index in [9.17, 15) is 4.79 Å². The highest BCUT2D eigenvalue weighted by Gasteiger charge is 2.11. The molecule has 0 fully saturated rings. The van der Waals surface area contributed by atoms with Gasteiger partial charge in [0, 0.05) is 11.1 Å². The molecule has 0 unspecified atom stereocenters. The van der Waals surface area contributed by atoms with E-state index in [0.29, 0.717) is 16.1 Å². The summed E-state index contributed by atoms with van der Waals surface area (Å²) in [6.07, 6.45) is 1.96. The fourth-order valence-electron chi connectivity index (χ4n) is 2.56. The molecule has 23 heavy (non-hydrogen) atoms. The fraction of sp³-hybridized carbons (Fsp3) is 0.0952. The molecule has 0 aliphatic carbocycles. The minimum absolute atomic E-state index is 0.0368. The average molecular weight is 321 g/mol. The van der Waals surface area contributed by atoms with Crippen molar-refractivity contribution in [3.8, 4) is 0 Å². The lowest BCUT2D eigenvalue weighted by atomic mass is 9.99. The molecule has 0 N–H and O–H groups in total. The number of hydrogen-bond acceptors (Lipinski definition) is 1. The maximum atomic E-state index is 12.5. The third kappa shape index (κ3) is 3.88. The average Bonchev–Trinajstić information content (AvgIpc) is 2.61. The van der Waals surface area contributed by atoms with Gasteiger partial charge in [0.05, 0.1) is 5.02 Å². The van der Waals surface area contributed by atoms with Gasteiger partial charge in [-0.15, -0.1) is 0 Å². The molecule has 0 saturated carbocycles. The topological polar surface area (TPSA) is 17.1 Å². The molecule has 0 bridgehead atoms. The van der Waals surface area contributed by atoms with Crippen LogP contribution in [0.1, 0.15) is 27.0 Å². The first-order valence-corrected chi connectivity index (χ1v) is 8.04. The highest BCUT2D eigenvalue weighted by atomic mass is 35.5. The van der Waals surface area contributed by atoms with Gasteiger partial charge in [0.2, 0.25) is 0 Å². The van der Waals surface area contributed by atoms with Gasteiger partial charge < -0.3 is 0 Å². The molecule has 114 valence electrons. The summed E-state index contributed by atoms with van der Waals surface area (Å²) in [7, 11) is 0. The van der Waals surface area contributed by atoms with Gasteiger partial charge in [0.15, 0.2) is 5.78 Å². The molecule has 3 aromatic carbocycles. The van der Waals surface area contributed by atoms with Gasteiger partial charge in [-0.1, -0.05) is 78.3 Å². The predicted molar refractivity (Wildman–Crippen MR) is 95.2 cm³/mol. The fourth-order valence-corrected chi connectivity index (χ4v) is 2.78. The van der Waals surface area contributed by atoms with Gasteiger partial charge in [-0.05, 0) is 36.1 Å². The molecule has 0 aromatic heterocycles. The number of ketones is 1. The van der Waals surface area contributed by atoms with Crippen LogP contribution in [0.5, 0.6) is 0 Å². The summed E-state index contributed by atoms with van der Waals surface area (Å²) in [5, 5.41) is 0.491. The highest BCUT2D eigenvalue weighted by molar-refractivity contribution is 6.34. The Bertz CT molecular complexity index is 792. The van der Waals surface area contributed by atoms with Crippen LogP contribution >= 0.6 is 11.6 Å². The van der Waals surface area contributed by atoms with Gasteiger partial charge in [-0.3, -0.25) is 4.79 Å². The standard InChI is InChI=1S/C21H17ClO/c22-20-9-5-4-8-19(20)21(23)18-14-12-17(13-15-18)11-10-16-6-2-1-3-7-16/h1-9,12-15H,10-11H2. The number of aryl methyl sites for hydroxylation is 2. The monoisotopic (exact) mass is 320 g/mol. The van der Waals surface area contributed by atoms with Crippen LogP contribution in [0, 0.1) is 0 Å².